The van der Waals surface area contributed by atoms with Crippen molar-refractivity contribution >= 4 is 12.2 Å². The van der Waals surface area contributed by atoms with E-state index in [1.807, 2.05) is 32.9 Å². The fraction of sp³-hybridized carbons (Fsp3) is 0.400. The lowest BCUT2D eigenvalue weighted by molar-refractivity contribution is 0.871. The van der Waals surface area contributed by atoms with E-state index < -0.39 is 0 Å². The predicted molar refractivity (Wildman–Crippen MR) is 53.5 cm³/mol. The van der Waals surface area contributed by atoms with Gasteiger partial charge >= 0.3 is 0 Å². The summed E-state index contributed by atoms with van der Waals surface area (Å²) < 4.78 is 0. The number of H-pyrrole nitrogens is 1. The van der Waals surface area contributed by atoms with Crippen LogP contribution in [0.4, 0.5) is 0 Å². The molecule has 0 aliphatic heterocycles. The van der Waals surface area contributed by atoms with Gasteiger partial charge in [-0.1, -0.05) is 26.0 Å². The average Bonchev–Trinajstić information content (AvgIpc) is 2.08. The van der Waals surface area contributed by atoms with Crippen molar-refractivity contribution in [2.24, 2.45) is 5.92 Å². The third-order valence-corrected chi connectivity index (χ3v) is 1.74. The summed E-state index contributed by atoms with van der Waals surface area (Å²) in [6.45, 7) is 5.98. The Bertz CT molecular complexity index is 443. The van der Waals surface area contributed by atoms with Crippen LogP contribution < -0.4 is 16.0 Å². The smallest absolute Gasteiger partial charge is 0.267 e. The molecular formula is C10H14N2O. The Morgan fingerprint density at radius 3 is 2.77 bits per heavy atom. The molecule has 0 bridgehead atoms. The first-order valence-electron chi connectivity index (χ1n) is 4.37. The number of hydrogen-bond acceptors (Lipinski definition) is 2. The molecule has 3 heteroatoms. The second-order valence-corrected chi connectivity index (χ2v) is 3.27. The molecule has 1 aromatic rings. The van der Waals surface area contributed by atoms with Crippen LogP contribution in [0.15, 0.2) is 11.0 Å². The van der Waals surface area contributed by atoms with E-state index in [-0.39, 0.29) is 5.56 Å². The third kappa shape index (κ3) is 2.28. The van der Waals surface area contributed by atoms with Gasteiger partial charge in [0.15, 0.2) is 0 Å². The molecular weight excluding hydrogens is 164 g/mol. The highest BCUT2D eigenvalue weighted by atomic mass is 16.1. The third-order valence-electron chi connectivity index (χ3n) is 1.74. The van der Waals surface area contributed by atoms with Gasteiger partial charge in [0.25, 0.3) is 5.56 Å². The molecule has 0 spiro atoms. The van der Waals surface area contributed by atoms with Gasteiger partial charge in [-0.3, -0.25) is 4.79 Å². The van der Waals surface area contributed by atoms with Crippen LogP contribution in [0.25, 0.3) is 12.2 Å². The summed E-state index contributed by atoms with van der Waals surface area (Å²) in [4.78, 5) is 11.4. The van der Waals surface area contributed by atoms with Crippen LogP contribution in [-0.4, -0.2) is 10.2 Å². The molecule has 0 atom stereocenters. The lowest BCUT2D eigenvalue weighted by Gasteiger charge is -1.93. The Hall–Kier alpha value is -1.38. The van der Waals surface area contributed by atoms with Gasteiger partial charge in [0.05, 0.1) is 6.20 Å². The van der Waals surface area contributed by atoms with Crippen LogP contribution in [0, 0.1) is 5.92 Å². The summed E-state index contributed by atoms with van der Waals surface area (Å²) in [5.41, 5.74) is -0.121. The maximum absolute atomic E-state index is 11.4. The first-order chi connectivity index (χ1) is 6.15. The fourth-order valence-electron chi connectivity index (χ4n) is 1.16. The van der Waals surface area contributed by atoms with Crippen LogP contribution in [0.1, 0.15) is 20.8 Å². The van der Waals surface area contributed by atoms with E-state index >= 15 is 0 Å². The van der Waals surface area contributed by atoms with E-state index in [0.29, 0.717) is 11.1 Å². The molecule has 0 aliphatic rings. The second-order valence-electron chi connectivity index (χ2n) is 3.27. The molecule has 0 unspecified atom stereocenters. The number of rotatable bonds is 1. The number of hydrogen-bond donors (Lipinski definition) is 1. The van der Waals surface area contributed by atoms with Crippen molar-refractivity contribution in [1.29, 1.82) is 0 Å². The van der Waals surface area contributed by atoms with Crippen molar-refractivity contribution in [2.45, 2.75) is 20.8 Å². The van der Waals surface area contributed by atoms with Crippen LogP contribution in [0.2, 0.25) is 0 Å². The zero-order valence-electron chi connectivity index (χ0n) is 8.16. The Kier molecular flexibility index (Phi) is 3.01. The van der Waals surface area contributed by atoms with Crippen LogP contribution in [0.3, 0.4) is 0 Å². The minimum absolute atomic E-state index is 0.121. The van der Waals surface area contributed by atoms with E-state index in [9.17, 15) is 4.79 Å². The molecule has 1 rings (SSSR count). The number of nitrogens with zero attached hydrogens (tertiary/aromatic N) is 1. The van der Waals surface area contributed by atoms with Crippen LogP contribution in [-0.2, 0) is 0 Å². The molecule has 0 amide bonds. The summed E-state index contributed by atoms with van der Waals surface area (Å²) >= 11 is 0. The topological polar surface area (TPSA) is 45.8 Å². The summed E-state index contributed by atoms with van der Waals surface area (Å²) in [6.07, 6.45) is 5.49. The van der Waals surface area contributed by atoms with Crippen molar-refractivity contribution < 1.29 is 0 Å². The maximum atomic E-state index is 11.4. The molecule has 1 aromatic heterocycles. The zero-order chi connectivity index (χ0) is 9.84. The van der Waals surface area contributed by atoms with Gasteiger partial charge < -0.3 is 0 Å². The quantitative estimate of drug-likeness (QED) is 0.658. The normalized spacial score (nSPS) is 14.2. The number of aromatic nitrogens is 2. The standard InChI is InChI=1S/C10H14N2O/c1-4-8-6-11-12-10(13)9(8)5-7(2)3/h4-7H,1-3H3,(H,12,13)/b8-4-,9-5+. The van der Waals surface area contributed by atoms with Gasteiger partial charge in [-0.2, -0.15) is 5.10 Å². The van der Waals surface area contributed by atoms with Crippen molar-refractivity contribution in [1.82, 2.24) is 10.2 Å². The number of nitrogens with one attached hydrogen (secondary N) is 1. The predicted octanol–water partition coefficient (Wildman–Crippen LogP) is 0.00680. The summed E-state index contributed by atoms with van der Waals surface area (Å²) in [5.74, 6) is 0.363. The molecule has 0 radical (unpaired) electrons. The van der Waals surface area contributed by atoms with Gasteiger partial charge in [0.2, 0.25) is 0 Å². The minimum atomic E-state index is -0.121. The van der Waals surface area contributed by atoms with Crippen LogP contribution >= 0.6 is 0 Å². The van der Waals surface area contributed by atoms with E-state index in [0.717, 1.165) is 5.22 Å². The van der Waals surface area contributed by atoms with Gasteiger partial charge in [-0.05, 0) is 12.8 Å². The molecule has 0 aromatic carbocycles. The Labute approximate surface area is 76.8 Å². The van der Waals surface area contributed by atoms with Crippen molar-refractivity contribution in [3.63, 3.8) is 0 Å². The lowest BCUT2D eigenvalue weighted by Crippen LogP contribution is -2.41. The van der Waals surface area contributed by atoms with E-state index in [4.69, 9.17) is 0 Å². The highest BCUT2D eigenvalue weighted by molar-refractivity contribution is 5.28. The molecule has 1 N–H and O–H groups in total. The molecule has 1 heterocycles. The average molecular weight is 178 g/mol. The maximum Gasteiger partial charge on any atom is 0.271 e. The van der Waals surface area contributed by atoms with Gasteiger partial charge in [0.1, 0.15) is 0 Å². The molecule has 0 aliphatic carbocycles. The van der Waals surface area contributed by atoms with E-state index in [1.54, 1.807) is 6.20 Å². The van der Waals surface area contributed by atoms with Crippen molar-refractivity contribution in [2.75, 3.05) is 0 Å². The molecule has 0 saturated heterocycles. The highest BCUT2D eigenvalue weighted by Crippen LogP contribution is 1.89. The number of aromatic amines is 1. The Morgan fingerprint density at radius 2 is 2.23 bits per heavy atom. The fourth-order valence-corrected chi connectivity index (χ4v) is 1.16. The molecule has 3 nitrogen and oxygen atoms in total. The summed E-state index contributed by atoms with van der Waals surface area (Å²) in [5, 5.41) is 7.76. The largest absolute Gasteiger partial charge is 0.271 e. The van der Waals surface area contributed by atoms with E-state index in [1.165, 1.54) is 0 Å². The first kappa shape index (κ1) is 9.71. The SMILES string of the molecule is C/C=c1/cn[nH]c(=O)/c1=C/C(C)C. The minimum Gasteiger partial charge on any atom is -0.267 e. The molecule has 70 valence electrons. The van der Waals surface area contributed by atoms with Crippen molar-refractivity contribution in [3.05, 3.63) is 27.0 Å². The van der Waals surface area contributed by atoms with Gasteiger partial charge in [-0.25, -0.2) is 5.10 Å². The monoisotopic (exact) mass is 178 g/mol. The van der Waals surface area contributed by atoms with E-state index in [2.05, 4.69) is 10.2 Å². The van der Waals surface area contributed by atoms with Gasteiger partial charge in [-0.15, -0.1) is 0 Å². The Balaban J connectivity index is 3.61. The van der Waals surface area contributed by atoms with Crippen LogP contribution in [0.5, 0.6) is 0 Å². The second kappa shape index (κ2) is 4.03. The Morgan fingerprint density at radius 1 is 1.54 bits per heavy atom. The lowest BCUT2D eigenvalue weighted by atomic mass is 10.1. The molecule has 13 heavy (non-hydrogen) atoms. The summed E-state index contributed by atoms with van der Waals surface area (Å²) in [7, 11) is 0. The first-order valence-corrected chi connectivity index (χ1v) is 4.37. The van der Waals surface area contributed by atoms with Gasteiger partial charge in [0, 0.05) is 10.4 Å². The molecule has 0 fully saturated rings. The van der Waals surface area contributed by atoms with Crippen molar-refractivity contribution in [3.8, 4) is 0 Å². The molecule has 0 saturated carbocycles. The zero-order valence-corrected chi connectivity index (χ0v) is 8.16. The summed E-state index contributed by atoms with van der Waals surface area (Å²) in [6, 6.07) is 0. The highest BCUT2D eigenvalue weighted by Gasteiger charge is 1.92.